The smallest absolute Gasteiger partial charge is 0.305 e. The van der Waals surface area contributed by atoms with Gasteiger partial charge in [0.1, 0.15) is 6.10 Å². The molecule has 10 atom stereocenters. The quantitative estimate of drug-likeness (QED) is 0.194. The van der Waals surface area contributed by atoms with Crippen molar-refractivity contribution in [2.45, 2.75) is 137 Å². The summed E-state index contributed by atoms with van der Waals surface area (Å²) in [5, 5.41) is 0. The van der Waals surface area contributed by atoms with E-state index >= 15 is 0 Å². The molecule has 4 aliphatic rings. The maximum Gasteiger partial charge on any atom is 0.305 e. The van der Waals surface area contributed by atoms with E-state index in [0.717, 1.165) is 32.1 Å². The van der Waals surface area contributed by atoms with E-state index in [1.54, 1.807) is 0 Å². The van der Waals surface area contributed by atoms with Gasteiger partial charge in [0.2, 0.25) is 0 Å². The van der Waals surface area contributed by atoms with E-state index in [1.165, 1.54) is 39.7 Å². The summed E-state index contributed by atoms with van der Waals surface area (Å²) in [7, 11) is 1.48. The number of carbonyl (C=O) groups is 2. The number of methoxy groups -OCH3 is 1. The average molecular weight is 535 g/mol. The summed E-state index contributed by atoms with van der Waals surface area (Å²) in [5.41, 5.74) is -0.0191. The van der Waals surface area contributed by atoms with Gasteiger partial charge in [-0.15, -0.1) is 0 Å². The average Bonchev–Trinajstić information content (AvgIpc) is 3.18. The third kappa shape index (κ3) is 5.30. The van der Waals surface area contributed by atoms with Gasteiger partial charge < -0.3 is 9.47 Å². The van der Waals surface area contributed by atoms with Crippen LogP contribution in [0, 0.1) is 45.8 Å². The topological polar surface area (TPSA) is 71.1 Å². The molecule has 4 fully saturated rings. The molecule has 0 heterocycles. The Balaban J connectivity index is 1.63. The second-order valence-corrected chi connectivity index (χ2v) is 15.0. The molecule has 6 heteroatoms. The molecule has 2 unspecified atom stereocenters. The van der Waals surface area contributed by atoms with Crippen molar-refractivity contribution >= 4 is 11.9 Å². The Kier molecular flexibility index (Phi) is 8.39. The molecule has 4 rings (SSSR count). The fraction of sp³-hybridized carbons (Fsp3) is 0.938. The van der Waals surface area contributed by atoms with Crippen LogP contribution in [0.3, 0.4) is 0 Å². The van der Waals surface area contributed by atoms with E-state index in [4.69, 9.17) is 19.2 Å². The summed E-state index contributed by atoms with van der Waals surface area (Å²) in [4.78, 5) is 36.3. The van der Waals surface area contributed by atoms with Crippen molar-refractivity contribution in [1.82, 2.24) is 0 Å². The fourth-order valence-electron chi connectivity index (χ4n) is 9.82. The molecule has 0 aromatic rings. The molecule has 0 bridgehead atoms. The van der Waals surface area contributed by atoms with Gasteiger partial charge in [-0.1, -0.05) is 27.7 Å². The third-order valence-corrected chi connectivity index (χ3v) is 11.9. The second-order valence-electron chi connectivity index (χ2n) is 15.0. The van der Waals surface area contributed by atoms with E-state index in [-0.39, 0.29) is 46.0 Å². The third-order valence-electron chi connectivity index (χ3n) is 11.9. The van der Waals surface area contributed by atoms with Gasteiger partial charge in [-0.05, 0) is 119 Å². The first-order chi connectivity index (χ1) is 17.6. The first-order valence-corrected chi connectivity index (χ1v) is 15.2. The minimum atomic E-state index is -0.375. The van der Waals surface area contributed by atoms with Crippen molar-refractivity contribution in [2.24, 2.45) is 45.8 Å². The molecule has 0 amide bonds. The molecule has 0 aromatic heterocycles. The predicted molar refractivity (Wildman–Crippen MR) is 147 cm³/mol. The van der Waals surface area contributed by atoms with Crippen LogP contribution >= 0.6 is 0 Å². The number of ether oxygens (including phenoxy) is 2. The van der Waals surface area contributed by atoms with Crippen LogP contribution in [0.25, 0.3) is 0 Å². The first kappa shape index (κ1) is 29.8. The molecule has 4 aliphatic carbocycles. The zero-order valence-electron chi connectivity index (χ0n) is 25.6. The van der Waals surface area contributed by atoms with E-state index in [1.807, 2.05) is 0 Å². The molecule has 0 N–H and O–H groups in total. The molecular formula is C32H54O6. The van der Waals surface area contributed by atoms with Gasteiger partial charge in [-0.25, -0.2) is 9.78 Å². The van der Waals surface area contributed by atoms with Crippen LogP contribution in [-0.4, -0.2) is 36.9 Å². The summed E-state index contributed by atoms with van der Waals surface area (Å²) in [6.45, 7) is 17.5. The normalized spacial score (nSPS) is 43.4. The Labute approximate surface area is 231 Å². The molecule has 0 saturated heterocycles. The number of esters is 2. The van der Waals surface area contributed by atoms with E-state index in [0.29, 0.717) is 36.0 Å². The van der Waals surface area contributed by atoms with Crippen LogP contribution in [-0.2, 0) is 28.8 Å². The van der Waals surface area contributed by atoms with Gasteiger partial charge >= 0.3 is 11.9 Å². The molecule has 218 valence electrons. The van der Waals surface area contributed by atoms with E-state index in [2.05, 4.69) is 48.5 Å². The van der Waals surface area contributed by atoms with Gasteiger partial charge in [0.15, 0.2) is 0 Å². The lowest BCUT2D eigenvalue weighted by Crippen LogP contribution is -2.62. The van der Waals surface area contributed by atoms with Crippen LogP contribution in [0.2, 0.25) is 0 Å². The van der Waals surface area contributed by atoms with Crippen molar-refractivity contribution in [2.75, 3.05) is 7.11 Å². The SMILES string of the molecule is COC(=O)CC[C@@H](C)[C@H]1CC[C@H]2[C@@H]3CC[C@]4(C)C[C@H](OC(C)=O)CC[C@]4(C)C3CC(OOC(C)(C)C)[C@]12C. The molecule has 0 radical (unpaired) electrons. The summed E-state index contributed by atoms with van der Waals surface area (Å²) < 4.78 is 10.7. The van der Waals surface area contributed by atoms with Gasteiger partial charge in [0, 0.05) is 18.8 Å². The second kappa shape index (κ2) is 10.7. The number of carbonyl (C=O) groups excluding carboxylic acids is 2. The minimum Gasteiger partial charge on any atom is -0.469 e. The van der Waals surface area contributed by atoms with Crippen molar-refractivity contribution in [3.63, 3.8) is 0 Å². The number of hydrogen-bond acceptors (Lipinski definition) is 6. The highest BCUT2D eigenvalue weighted by atomic mass is 17.2. The van der Waals surface area contributed by atoms with Crippen LogP contribution in [0.1, 0.15) is 120 Å². The highest BCUT2D eigenvalue weighted by Gasteiger charge is 2.67. The summed E-state index contributed by atoms with van der Waals surface area (Å²) in [6, 6.07) is 0. The molecule has 4 saturated carbocycles. The van der Waals surface area contributed by atoms with Gasteiger partial charge in [0.25, 0.3) is 0 Å². The predicted octanol–water partition coefficient (Wildman–Crippen LogP) is 7.28. The lowest BCUT2D eigenvalue weighted by molar-refractivity contribution is -0.405. The number of hydrogen-bond donors (Lipinski definition) is 0. The Morgan fingerprint density at radius 2 is 1.71 bits per heavy atom. The highest BCUT2D eigenvalue weighted by Crippen LogP contribution is 2.71. The van der Waals surface area contributed by atoms with Crippen LogP contribution < -0.4 is 0 Å². The maximum absolute atomic E-state index is 11.9. The van der Waals surface area contributed by atoms with Gasteiger partial charge in [-0.3, -0.25) is 9.59 Å². The number of fused-ring (bicyclic) bond motifs is 5. The first-order valence-electron chi connectivity index (χ1n) is 15.2. The molecule has 38 heavy (non-hydrogen) atoms. The largest absolute Gasteiger partial charge is 0.469 e. The van der Waals surface area contributed by atoms with Crippen molar-refractivity contribution in [1.29, 1.82) is 0 Å². The van der Waals surface area contributed by atoms with Gasteiger partial charge in [-0.2, -0.15) is 0 Å². The Morgan fingerprint density at radius 1 is 1.00 bits per heavy atom. The highest BCUT2D eigenvalue weighted by molar-refractivity contribution is 5.69. The van der Waals surface area contributed by atoms with Crippen molar-refractivity contribution in [3.8, 4) is 0 Å². The van der Waals surface area contributed by atoms with Crippen molar-refractivity contribution < 1.29 is 28.8 Å². The molecule has 0 spiro atoms. The van der Waals surface area contributed by atoms with Crippen LogP contribution in [0.5, 0.6) is 0 Å². The van der Waals surface area contributed by atoms with Crippen LogP contribution in [0.4, 0.5) is 0 Å². The van der Waals surface area contributed by atoms with Crippen LogP contribution in [0.15, 0.2) is 0 Å². The minimum absolute atomic E-state index is 0.0149. The van der Waals surface area contributed by atoms with E-state index in [9.17, 15) is 9.59 Å². The lowest BCUT2D eigenvalue weighted by atomic mass is 9.39. The molecule has 6 nitrogen and oxygen atoms in total. The number of rotatable bonds is 7. The monoisotopic (exact) mass is 534 g/mol. The zero-order chi connectivity index (χ0) is 28.1. The Bertz CT molecular complexity index is 880. The van der Waals surface area contributed by atoms with Gasteiger partial charge in [0.05, 0.1) is 18.8 Å². The zero-order valence-corrected chi connectivity index (χ0v) is 25.6. The molecular weight excluding hydrogens is 480 g/mol. The Hall–Kier alpha value is -1.14. The fourth-order valence-corrected chi connectivity index (χ4v) is 9.82. The lowest BCUT2D eigenvalue weighted by Gasteiger charge is -2.66. The standard InChI is InChI=1S/C32H54O6/c1-20(10-13-28(34)35-9)24-11-12-25-23-15-16-30(6)19-22(36-21(2)33)14-17-31(30,7)26(23)18-27(32(24,25)8)37-38-29(3,4)5/h20,22-27H,10-19H2,1-9H3/t20-,22-,23+,24-,25+,26?,27?,30-,31-,32-/m1/s1. The van der Waals surface area contributed by atoms with Crippen molar-refractivity contribution in [3.05, 3.63) is 0 Å². The molecule has 0 aliphatic heterocycles. The summed E-state index contributed by atoms with van der Waals surface area (Å²) >= 11 is 0. The molecule has 0 aromatic carbocycles. The van der Waals surface area contributed by atoms with E-state index < -0.39 is 0 Å². The summed E-state index contributed by atoms with van der Waals surface area (Å²) in [6.07, 6.45) is 10.3. The maximum atomic E-state index is 11.9. The summed E-state index contributed by atoms with van der Waals surface area (Å²) in [5.74, 6) is 2.47. The Morgan fingerprint density at radius 3 is 2.34 bits per heavy atom.